The molecule has 0 saturated carbocycles. The largest absolute Gasteiger partial charge is 0.396 e. The minimum absolute atomic E-state index is 0.103. The highest BCUT2D eigenvalue weighted by Crippen LogP contribution is 2.25. The average molecular weight is 303 g/mol. The first-order chi connectivity index (χ1) is 10.1. The van der Waals surface area contributed by atoms with Gasteiger partial charge < -0.3 is 10.7 Å². The SMILES string of the molecule is CSc1ccc(Cc2c(C)nc3nonc3c2N)[nH]c1=O. The summed E-state index contributed by atoms with van der Waals surface area (Å²) in [5.41, 5.74) is 9.64. The Hall–Kier alpha value is -2.35. The van der Waals surface area contributed by atoms with Crippen LogP contribution in [0.2, 0.25) is 0 Å². The molecule has 0 aliphatic rings. The van der Waals surface area contributed by atoms with Gasteiger partial charge in [-0.25, -0.2) is 9.61 Å². The molecule has 0 aliphatic heterocycles. The third-order valence-corrected chi connectivity index (χ3v) is 4.04. The maximum Gasteiger partial charge on any atom is 0.261 e. The number of pyridine rings is 2. The first-order valence-corrected chi connectivity index (χ1v) is 7.46. The minimum Gasteiger partial charge on any atom is -0.396 e. The van der Waals surface area contributed by atoms with E-state index in [0.29, 0.717) is 28.2 Å². The van der Waals surface area contributed by atoms with Crippen molar-refractivity contribution in [1.29, 1.82) is 0 Å². The molecule has 3 heterocycles. The van der Waals surface area contributed by atoms with Crippen LogP contribution in [0.1, 0.15) is 17.0 Å². The lowest BCUT2D eigenvalue weighted by molar-refractivity contribution is 0.315. The smallest absolute Gasteiger partial charge is 0.261 e. The van der Waals surface area contributed by atoms with E-state index in [2.05, 4.69) is 24.9 Å². The van der Waals surface area contributed by atoms with E-state index in [9.17, 15) is 4.79 Å². The van der Waals surface area contributed by atoms with Crippen molar-refractivity contribution in [2.75, 3.05) is 12.0 Å². The molecule has 8 heteroatoms. The van der Waals surface area contributed by atoms with Crippen molar-refractivity contribution >= 4 is 28.6 Å². The molecule has 0 spiro atoms. The third kappa shape index (κ3) is 2.38. The van der Waals surface area contributed by atoms with E-state index in [4.69, 9.17) is 5.73 Å². The molecule has 0 saturated heterocycles. The van der Waals surface area contributed by atoms with Crippen LogP contribution in [0.3, 0.4) is 0 Å². The Morgan fingerprint density at radius 1 is 1.38 bits per heavy atom. The van der Waals surface area contributed by atoms with Crippen LogP contribution in [0.4, 0.5) is 5.69 Å². The van der Waals surface area contributed by atoms with Crippen molar-refractivity contribution in [3.8, 4) is 0 Å². The van der Waals surface area contributed by atoms with Gasteiger partial charge in [0.1, 0.15) is 0 Å². The van der Waals surface area contributed by atoms with Gasteiger partial charge in [-0.1, -0.05) is 0 Å². The number of aryl methyl sites for hydroxylation is 1. The Kier molecular flexibility index (Phi) is 3.38. The molecule has 0 bridgehead atoms. The van der Waals surface area contributed by atoms with Crippen molar-refractivity contribution in [2.45, 2.75) is 18.2 Å². The average Bonchev–Trinajstić information content (AvgIpc) is 2.92. The van der Waals surface area contributed by atoms with Crippen LogP contribution in [0, 0.1) is 6.92 Å². The molecule has 0 amide bonds. The van der Waals surface area contributed by atoms with Crippen LogP contribution in [-0.4, -0.2) is 26.5 Å². The van der Waals surface area contributed by atoms with E-state index in [1.807, 2.05) is 19.2 Å². The molecule has 0 aliphatic carbocycles. The van der Waals surface area contributed by atoms with Crippen LogP contribution in [0.25, 0.3) is 11.2 Å². The maximum absolute atomic E-state index is 11.8. The van der Waals surface area contributed by atoms with Crippen molar-refractivity contribution in [3.63, 3.8) is 0 Å². The molecule has 21 heavy (non-hydrogen) atoms. The zero-order valence-corrected chi connectivity index (χ0v) is 12.3. The van der Waals surface area contributed by atoms with E-state index in [-0.39, 0.29) is 5.56 Å². The van der Waals surface area contributed by atoms with Crippen molar-refractivity contribution in [2.24, 2.45) is 0 Å². The van der Waals surface area contributed by atoms with Gasteiger partial charge in [-0.2, -0.15) is 0 Å². The number of fused-ring (bicyclic) bond motifs is 1. The number of aromatic amines is 1. The van der Waals surface area contributed by atoms with Gasteiger partial charge in [-0.3, -0.25) is 4.79 Å². The van der Waals surface area contributed by atoms with Gasteiger partial charge in [0, 0.05) is 23.4 Å². The van der Waals surface area contributed by atoms with Crippen LogP contribution in [0.15, 0.2) is 26.5 Å². The lowest BCUT2D eigenvalue weighted by Crippen LogP contribution is -2.12. The molecule has 3 N–H and O–H groups in total. The summed E-state index contributed by atoms with van der Waals surface area (Å²) in [6, 6.07) is 3.67. The monoisotopic (exact) mass is 303 g/mol. The fourth-order valence-corrected chi connectivity index (χ4v) is 2.61. The number of rotatable bonds is 3. The molecule has 108 valence electrons. The van der Waals surface area contributed by atoms with Crippen LogP contribution >= 0.6 is 11.8 Å². The number of nitrogens with one attached hydrogen (secondary N) is 1. The van der Waals surface area contributed by atoms with Crippen molar-refractivity contribution < 1.29 is 4.63 Å². The molecule has 3 rings (SSSR count). The Morgan fingerprint density at radius 3 is 2.90 bits per heavy atom. The second-order valence-corrected chi connectivity index (χ2v) is 5.43. The number of anilines is 1. The van der Waals surface area contributed by atoms with Crippen molar-refractivity contribution in [3.05, 3.63) is 39.4 Å². The van der Waals surface area contributed by atoms with Gasteiger partial charge in [0.05, 0.1) is 10.6 Å². The maximum atomic E-state index is 11.8. The van der Waals surface area contributed by atoms with Crippen LogP contribution in [-0.2, 0) is 6.42 Å². The zero-order chi connectivity index (χ0) is 15.0. The summed E-state index contributed by atoms with van der Waals surface area (Å²) in [7, 11) is 0. The van der Waals surface area contributed by atoms with Gasteiger partial charge in [0.15, 0.2) is 5.52 Å². The topological polar surface area (TPSA) is 111 Å². The van der Waals surface area contributed by atoms with Gasteiger partial charge >= 0.3 is 0 Å². The Bertz CT molecular complexity index is 871. The number of thioether (sulfide) groups is 1. The molecule has 0 atom stereocenters. The molecule has 0 aromatic carbocycles. The highest BCUT2D eigenvalue weighted by atomic mass is 32.2. The summed E-state index contributed by atoms with van der Waals surface area (Å²) in [6.45, 7) is 1.84. The van der Waals surface area contributed by atoms with Gasteiger partial charge in [-0.05, 0) is 35.6 Å². The van der Waals surface area contributed by atoms with E-state index in [1.54, 1.807) is 6.07 Å². The molecular weight excluding hydrogens is 290 g/mol. The third-order valence-electron chi connectivity index (χ3n) is 3.28. The molecular formula is C13H13N5O2S. The van der Waals surface area contributed by atoms with Gasteiger partial charge in [0.2, 0.25) is 5.65 Å². The Labute approximate surface area is 123 Å². The highest BCUT2D eigenvalue weighted by molar-refractivity contribution is 7.98. The quantitative estimate of drug-likeness (QED) is 0.705. The standard InChI is InChI=1S/C13H13N5O2S/c1-6-8(10(14)11-12(15-6)18-20-17-11)5-7-3-4-9(21-2)13(19)16-7/h3-4H,5,14H2,1-2H3,(H,16,19). The van der Waals surface area contributed by atoms with E-state index in [0.717, 1.165) is 17.0 Å². The summed E-state index contributed by atoms with van der Waals surface area (Å²) < 4.78 is 4.65. The van der Waals surface area contributed by atoms with E-state index < -0.39 is 0 Å². The Morgan fingerprint density at radius 2 is 2.19 bits per heavy atom. The van der Waals surface area contributed by atoms with Crippen LogP contribution < -0.4 is 11.3 Å². The highest BCUT2D eigenvalue weighted by Gasteiger charge is 2.15. The summed E-state index contributed by atoms with van der Waals surface area (Å²) >= 11 is 1.41. The molecule has 0 radical (unpaired) electrons. The normalized spacial score (nSPS) is 11.1. The fraction of sp³-hybridized carbons (Fsp3) is 0.231. The summed E-state index contributed by atoms with van der Waals surface area (Å²) in [6.07, 6.45) is 2.33. The molecule has 0 unspecified atom stereocenters. The summed E-state index contributed by atoms with van der Waals surface area (Å²) in [5, 5.41) is 7.45. The predicted molar refractivity (Wildman–Crippen MR) is 80.4 cm³/mol. The van der Waals surface area contributed by atoms with Gasteiger partial charge in [-0.15, -0.1) is 11.8 Å². The number of hydrogen-bond donors (Lipinski definition) is 2. The number of nitrogens with zero attached hydrogens (tertiary/aromatic N) is 3. The summed E-state index contributed by atoms with van der Waals surface area (Å²) in [5.74, 6) is 0. The predicted octanol–water partition coefficient (Wildman–Crippen LogP) is 1.51. The van der Waals surface area contributed by atoms with Crippen molar-refractivity contribution in [1.82, 2.24) is 20.3 Å². The van der Waals surface area contributed by atoms with E-state index in [1.165, 1.54) is 11.8 Å². The lowest BCUT2D eigenvalue weighted by Gasteiger charge is -2.09. The Balaban J connectivity index is 2.05. The van der Waals surface area contributed by atoms with Crippen LogP contribution in [0.5, 0.6) is 0 Å². The van der Waals surface area contributed by atoms with E-state index >= 15 is 0 Å². The number of hydrogen-bond acceptors (Lipinski definition) is 7. The molecule has 3 aromatic rings. The number of nitrogen functional groups attached to an aromatic ring is 1. The fourth-order valence-electron chi connectivity index (χ4n) is 2.17. The molecule has 7 nitrogen and oxygen atoms in total. The first kappa shape index (κ1) is 13.6. The summed E-state index contributed by atoms with van der Waals surface area (Å²) in [4.78, 5) is 19.7. The molecule has 3 aromatic heterocycles. The number of H-pyrrole nitrogens is 1. The lowest BCUT2D eigenvalue weighted by atomic mass is 10.1. The number of aromatic nitrogens is 4. The second kappa shape index (κ2) is 5.21. The first-order valence-electron chi connectivity index (χ1n) is 6.23. The number of nitrogens with two attached hydrogens (primary N) is 1. The zero-order valence-electron chi connectivity index (χ0n) is 11.5. The second-order valence-electron chi connectivity index (χ2n) is 4.58. The van der Waals surface area contributed by atoms with Gasteiger partial charge in [0.25, 0.3) is 5.56 Å². The molecule has 0 fully saturated rings. The minimum atomic E-state index is -0.103.